The first-order valence-electron chi connectivity index (χ1n) is 6.43. The molecule has 110 valence electrons. The minimum absolute atomic E-state index is 0.105. The van der Waals surface area contributed by atoms with Gasteiger partial charge in [0.05, 0.1) is 11.6 Å². The molecule has 2 rings (SSSR count). The van der Waals surface area contributed by atoms with Gasteiger partial charge in [-0.05, 0) is 36.8 Å². The van der Waals surface area contributed by atoms with E-state index in [1.54, 1.807) is 18.2 Å². The predicted octanol–water partition coefficient (Wildman–Crippen LogP) is 5.80. The van der Waals surface area contributed by atoms with E-state index in [1.807, 2.05) is 24.3 Å². The van der Waals surface area contributed by atoms with Gasteiger partial charge in [0.1, 0.15) is 5.75 Å². The van der Waals surface area contributed by atoms with Gasteiger partial charge in [0.15, 0.2) is 5.78 Å². The summed E-state index contributed by atoms with van der Waals surface area (Å²) in [5.74, 6) is 0.686. The lowest BCUT2D eigenvalue weighted by Gasteiger charge is -2.08. The summed E-state index contributed by atoms with van der Waals surface area (Å²) < 4.78 is 6.50. The minimum atomic E-state index is 0.105. The molecule has 0 heterocycles. The molecule has 5 heteroatoms. The Labute approximate surface area is 142 Å². The predicted molar refractivity (Wildman–Crippen MR) is 89.7 cm³/mol. The van der Waals surface area contributed by atoms with E-state index in [9.17, 15) is 4.79 Å². The van der Waals surface area contributed by atoms with Gasteiger partial charge < -0.3 is 4.74 Å². The van der Waals surface area contributed by atoms with Crippen LogP contribution in [0.5, 0.6) is 5.75 Å². The van der Waals surface area contributed by atoms with Gasteiger partial charge in [0, 0.05) is 21.5 Å². The maximum Gasteiger partial charge on any atom is 0.163 e. The van der Waals surface area contributed by atoms with Crippen molar-refractivity contribution in [2.45, 2.75) is 12.8 Å². The number of hydrogen-bond acceptors (Lipinski definition) is 2. The van der Waals surface area contributed by atoms with E-state index in [4.69, 9.17) is 27.9 Å². The number of ether oxygens (including phenoxy) is 1. The van der Waals surface area contributed by atoms with Crippen LogP contribution in [0.2, 0.25) is 10.0 Å². The van der Waals surface area contributed by atoms with E-state index in [1.165, 1.54) is 0 Å². The number of halogens is 3. The van der Waals surface area contributed by atoms with Crippen LogP contribution in [0.4, 0.5) is 0 Å². The molecule has 21 heavy (non-hydrogen) atoms. The fraction of sp³-hybridized carbons (Fsp3) is 0.188. The first-order valence-corrected chi connectivity index (χ1v) is 7.98. The standard InChI is InChI=1S/C16H13BrCl2O2/c17-12-5-3-11(4-6-12)15(20)2-1-9-21-16-8-7-13(18)10-14(16)19/h3-8,10H,1-2,9H2. The zero-order chi connectivity index (χ0) is 15.2. The van der Waals surface area contributed by atoms with Crippen LogP contribution < -0.4 is 4.74 Å². The monoisotopic (exact) mass is 386 g/mol. The van der Waals surface area contributed by atoms with E-state index in [0.717, 1.165) is 4.47 Å². The molecule has 0 fully saturated rings. The highest BCUT2D eigenvalue weighted by Crippen LogP contribution is 2.27. The van der Waals surface area contributed by atoms with Crippen molar-refractivity contribution in [3.05, 3.63) is 62.5 Å². The second kappa shape index (κ2) is 7.83. The average molecular weight is 388 g/mol. The van der Waals surface area contributed by atoms with Crippen molar-refractivity contribution in [3.8, 4) is 5.75 Å². The molecular formula is C16H13BrCl2O2. The van der Waals surface area contributed by atoms with E-state index in [2.05, 4.69) is 15.9 Å². The highest BCUT2D eigenvalue weighted by atomic mass is 79.9. The van der Waals surface area contributed by atoms with Crippen molar-refractivity contribution in [1.29, 1.82) is 0 Å². The zero-order valence-electron chi connectivity index (χ0n) is 11.1. The maximum atomic E-state index is 12.0. The van der Waals surface area contributed by atoms with Crippen LogP contribution in [0.3, 0.4) is 0 Å². The SMILES string of the molecule is O=C(CCCOc1ccc(Cl)cc1Cl)c1ccc(Br)cc1. The van der Waals surface area contributed by atoms with E-state index >= 15 is 0 Å². The first-order chi connectivity index (χ1) is 10.1. The van der Waals surface area contributed by atoms with Crippen LogP contribution in [0.1, 0.15) is 23.2 Å². The summed E-state index contributed by atoms with van der Waals surface area (Å²) in [4.78, 5) is 12.0. The molecular weight excluding hydrogens is 375 g/mol. The van der Waals surface area contributed by atoms with Gasteiger partial charge in [-0.2, -0.15) is 0 Å². The Bertz CT molecular complexity index is 627. The Kier molecular flexibility index (Phi) is 6.09. The number of benzene rings is 2. The Morgan fingerprint density at radius 1 is 1.10 bits per heavy atom. The van der Waals surface area contributed by atoms with Crippen molar-refractivity contribution >= 4 is 44.9 Å². The van der Waals surface area contributed by atoms with Crippen LogP contribution in [0.25, 0.3) is 0 Å². The zero-order valence-corrected chi connectivity index (χ0v) is 14.2. The third-order valence-corrected chi connectivity index (χ3v) is 3.92. The van der Waals surface area contributed by atoms with Crippen molar-refractivity contribution < 1.29 is 9.53 Å². The number of carbonyl (C=O) groups excluding carboxylic acids is 1. The van der Waals surface area contributed by atoms with Crippen molar-refractivity contribution in [1.82, 2.24) is 0 Å². The quantitative estimate of drug-likeness (QED) is 0.462. The molecule has 0 saturated heterocycles. The van der Waals surface area contributed by atoms with Gasteiger partial charge in [0.25, 0.3) is 0 Å². The fourth-order valence-electron chi connectivity index (χ4n) is 1.79. The minimum Gasteiger partial charge on any atom is -0.492 e. The molecule has 0 radical (unpaired) electrons. The number of Topliss-reactive ketones (excluding diaryl/α,β-unsaturated/α-hetero) is 1. The Hall–Kier alpha value is -1.03. The highest BCUT2D eigenvalue weighted by molar-refractivity contribution is 9.10. The van der Waals surface area contributed by atoms with Crippen LogP contribution >= 0.6 is 39.1 Å². The molecule has 0 bridgehead atoms. The summed E-state index contributed by atoms with van der Waals surface area (Å²) >= 11 is 15.2. The van der Waals surface area contributed by atoms with Crippen molar-refractivity contribution in [2.75, 3.05) is 6.61 Å². The third-order valence-electron chi connectivity index (χ3n) is 2.87. The van der Waals surface area contributed by atoms with E-state index < -0.39 is 0 Å². The molecule has 0 aliphatic heterocycles. The summed E-state index contributed by atoms with van der Waals surface area (Å²) in [6.07, 6.45) is 1.07. The van der Waals surface area contributed by atoms with Gasteiger partial charge in [-0.25, -0.2) is 0 Å². The topological polar surface area (TPSA) is 26.3 Å². The molecule has 0 amide bonds. The second-order valence-corrected chi connectivity index (χ2v) is 6.22. The van der Waals surface area contributed by atoms with Crippen LogP contribution in [-0.2, 0) is 0 Å². The lowest BCUT2D eigenvalue weighted by molar-refractivity contribution is 0.0973. The Morgan fingerprint density at radius 3 is 2.48 bits per heavy atom. The summed E-state index contributed by atoms with van der Waals surface area (Å²) in [6.45, 7) is 0.434. The molecule has 0 atom stereocenters. The number of hydrogen-bond donors (Lipinski definition) is 0. The van der Waals surface area contributed by atoms with Crippen LogP contribution in [0.15, 0.2) is 46.9 Å². The van der Waals surface area contributed by atoms with Gasteiger partial charge in [-0.15, -0.1) is 0 Å². The normalized spacial score (nSPS) is 10.4. The van der Waals surface area contributed by atoms with E-state index in [0.29, 0.717) is 40.8 Å². The number of rotatable bonds is 6. The number of carbonyl (C=O) groups is 1. The largest absolute Gasteiger partial charge is 0.492 e. The highest BCUT2D eigenvalue weighted by Gasteiger charge is 2.06. The maximum absolute atomic E-state index is 12.0. The molecule has 0 spiro atoms. The summed E-state index contributed by atoms with van der Waals surface area (Å²) in [5.41, 5.74) is 0.711. The molecule has 0 aliphatic rings. The smallest absolute Gasteiger partial charge is 0.163 e. The molecule has 0 saturated carbocycles. The van der Waals surface area contributed by atoms with Crippen LogP contribution in [-0.4, -0.2) is 12.4 Å². The first kappa shape index (κ1) is 16.3. The van der Waals surface area contributed by atoms with Crippen molar-refractivity contribution in [3.63, 3.8) is 0 Å². The third kappa shape index (κ3) is 5.03. The summed E-state index contributed by atoms with van der Waals surface area (Å²) in [7, 11) is 0. The average Bonchev–Trinajstić information content (AvgIpc) is 2.46. The molecule has 0 N–H and O–H groups in total. The summed E-state index contributed by atoms with van der Waals surface area (Å²) in [5, 5.41) is 1.04. The van der Waals surface area contributed by atoms with Gasteiger partial charge in [-0.1, -0.05) is 51.3 Å². The fourth-order valence-corrected chi connectivity index (χ4v) is 2.51. The van der Waals surface area contributed by atoms with Gasteiger partial charge >= 0.3 is 0 Å². The molecule has 0 aromatic heterocycles. The Balaban J connectivity index is 1.79. The molecule has 2 nitrogen and oxygen atoms in total. The lowest BCUT2D eigenvalue weighted by atomic mass is 10.1. The van der Waals surface area contributed by atoms with E-state index in [-0.39, 0.29) is 5.78 Å². The van der Waals surface area contributed by atoms with Crippen LogP contribution in [0, 0.1) is 0 Å². The number of ketones is 1. The van der Waals surface area contributed by atoms with Gasteiger partial charge in [-0.3, -0.25) is 4.79 Å². The summed E-state index contributed by atoms with van der Waals surface area (Å²) in [6, 6.07) is 12.4. The lowest BCUT2D eigenvalue weighted by Crippen LogP contribution is -2.04. The second-order valence-electron chi connectivity index (χ2n) is 4.46. The Morgan fingerprint density at radius 2 is 1.81 bits per heavy atom. The molecule has 2 aromatic carbocycles. The molecule has 2 aromatic rings. The molecule has 0 unspecified atom stereocenters. The van der Waals surface area contributed by atoms with Crippen molar-refractivity contribution in [2.24, 2.45) is 0 Å². The van der Waals surface area contributed by atoms with Gasteiger partial charge in [0.2, 0.25) is 0 Å². The molecule has 0 aliphatic carbocycles.